The van der Waals surface area contributed by atoms with Crippen LogP contribution in [0.25, 0.3) is 0 Å². The lowest BCUT2D eigenvalue weighted by Crippen LogP contribution is -2.53. The van der Waals surface area contributed by atoms with Crippen LogP contribution in [-0.4, -0.2) is 39.5 Å². The molecule has 164 valence electrons. The summed E-state index contributed by atoms with van der Waals surface area (Å²) in [5.41, 5.74) is 0.820. The Hall–Kier alpha value is -2.87. The number of nitrogens with zero attached hydrogens (tertiary/aromatic N) is 1. The number of hydrogen-bond donors (Lipinski definition) is 1. The fourth-order valence-electron chi connectivity index (χ4n) is 4.52. The van der Waals surface area contributed by atoms with Crippen molar-refractivity contribution in [3.63, 3.8) is 0 Å². The van der Waals surface area contributed by atoms with E-state index >= 15 is 0 Å². The van der Waals surface area contributed by atoms with Gasteiger partial charge in [0.1, 0.15) is 5.54 Å². The van der Waals surface area contributed by atoms with Gasteiger partial charge in [0.25, 0.3) is 15.9 Å². The van der Waals surface area contributed by atoms with Crippen molar-refractivity contribution in [1.82, 2.24) is 5.32 Å². The second-order valence-corrected chi connectivity index (χ2v) is 9.93. The number of amides is 1. The second-order valence-electron chi connectivity index (χ2n) is 8.07. The van der Waals surface area contributed by atoms with E-state index in [9.17, 15) is 18.0 Å². The molecule has 1 N–H and O–H groups in total. The van der Waals surface area contributed by atoms with E-state index in [0.29, 0.717) is 25.1 Å². The average molecular weight is 443 g/mol. The predicted molar refractivity (Wildman–Crippen MR) is 116 cm³/mol. The summed E-state index contributed by atoms with van der Waals surface area (Å²) in [6.45, 7) is 0.390. The summed E-state index contributed by atoms with van der Waals surface area (Å²) in [7, 11) is -2.53. The zero-order valence-corrected chi connectivity index (χ0v) is 18.3. The van der Waals surface area contributed by atoms with Gasteiger partial charge < -0.3 is 10.1 Å². The first-order valence-electron chi connectivity index (χ1n) is 10.5. The van der Waals surface area contributed by atoms with Crippen LogP contribution in [0.2, 0.25) is 0 Å². The number of para-hydroxylation sites is 1. The number of benzene rings is 2. The number of carbonyl (C=O) groups is 2. The van der Waals surface area contributed by atoms with E-state index in [1.165, 1.54) is 23.5 Å². The highest BCUT2D eigenvalue weighted by Gasteiger charge is 2.43. The Morgan fingerprint density at radius 2 is 1.77 bits per heavy atom. The molecule has 0 unspecified atom stereocenters. The molecule has 0 spiro atoms. The van der Waals surface area contributed by atoms with Gasteiger partial charge in [0.15, 0.2) is 0 Å². The monoisotopic (exact) mass is 442 g/mol. The van der Waals surface area contributed by atoms with Gasteiger partial charge in [-0.05, 0) is 55.5 Å². The fraction of sp³-hybridized carbons (Fsp3) is 0.391. The van der Waals surface area contributed by atoms with Gasteiger partial charge in [-0.1, -0.05) is 37.1 Å². The number of aryl methyl sites for hydroxylation is 1. The molecular formula is C23H26N2O5S. The topological polar surface area (TPSA) is 92.8 Å². The Bertz CT molecular complexity index is 1110. The predicted octanol–water partition coefficient (Wildman–Crippen LogP) is 3.04. The van der Waals surface area contributed by atoms with Gasteiger partial charge in [-0.3, -0.25) is 9.10 Å². The number of rotatable bonds is 5. The molecule has 2 aliphatic rings. The highest BCUT2D eigenvalue weighted by molar-refractivity contribution is 7.92. The Kier molecular flexibility index (Phi) is 5.75. The summed E-state index contributed by atoms with van der Waals surface area (Å²) < 4.78 is 33.1. The summed E-state index contributed by atoms with van der Waals surface area (Å²) in [5, 5.41) is 2.81. The van der Waals surface area contributed by atoms with E-state index in [0.717, 1.165) is 31.2 Å². The second kappa shape index (κ2) is 8.34. The van der Waals surface area contributed by atoms with Crippen molar-refractivity contribution in [1.29, 1.82) is 0 Å². The molecule has 2 aromatic rings. The van der Waals surface area contributed by atoms with E-state index in [-0.39, 0.29) is 10.5 Å². The Labute approximate surface area is 182 Å². The molecule has 2 aromatic carbocycles. The molecule has 4 rings (SSSR count). The zero-order valence-electron chi connectivity index (χ0n) is 17.5. The SMILES string of the molecule is COC(=O)C1(NC(=O)c2cccc(S(=O)(=O)N3CCCc4ccccc43)c2)CCCC1. The van der Waals surface area contributed by atoms with Gasteiger partial charge in [-0.15, -0.1) is 0 Å². The number of hydrogen-bond acceptors (Lipinski definition) is 5. The van der Waals surface area contributed by atoms with Crippen LogP contribution >= 0.6 is 0 Å². The van der Waals surface area contributed by atoms with Crippen LogP contribution in [0.1, 0.15) is 48.0 Å². The molecule has 31 heavy (non-hydrogen) atoms. The van der Waals surface area contributed by atoms with Crippen LogP contribution < -0.4 is 9.62 Å². The summed E-state index contributed by atoms with van der Waals surface area (Å²) in [6.07, 6.45) is 4.22. The van der Waals surface area contributed by atoms with Crippen molar-refractivity contribution in [2.75, 3.05) is 18.0 Å². The van der Waals surface area contributed by atoms with Crippen LogP contribution in [0, 0.1) is 0 Å². The Balaban J connectivity index is 1.63. The lowest BCUT2D eigenvalue weighted by atomic mass is 9.97. The molecule has 1 saturated carbocycles. The molecule has 1 fully saturated rings. The number of anilines is 1. The molecule has 7 nitrogen and oxygen atoms in total. The maximum Gasteiger partial charge on any atom is 0.331 e. The maximum absolute atomic E-state index is 13.4. The smallest absolute Gasteiger partial charge is 0.331 e. The fourth-order valence-corrected chi connectivity index (χ4v) is 6.10. The van der Waals surface area contributed by atoms with Gasteiger partial charge in [-0.25, -0.2) is 13.2 Å². The first kappa shape index (κ1) is 21.4. The Morgan fingerprint density at radius 3 is 2.52 bits per heavy atom. The van der Waals surface area contributed by atoms with Crippen molar-refractivity contribution in [2.45, 2.75) is 49.0 Å². The van der Waals surface area contributed by atoms with Gasteiger partial charge >= 0.3 is 5.97 Å². The Morgan fingerprint density at radius 1 is 1.03 bits per heavy atom. The van der Waals surface area contributed by atoms with E-state index in [1.807, 2.05) is 24.3 Å². The van der Waals surface area contributed by atoms with Crippen molar-refractivity contribution < 1.29 is 22.7 Å². The molecule has 1 aliphatic heterocycles. The molecule has 1 aliphatic carbocycles. The molecule has 1 heterocycles. The van der Waals surface area contributed by atoms with Crippen molar-refractivity contribution >= 4 is 27.6 Å². The molecule has 8 heteroatoms. The van der Waals surface area contributed by atoms with Gasteiger partial charge in [0, 0.05) is 12.1 Å². The number of sulfonamides is 1. The normalized spacial score (nSPS) is 17.6. The minimum atomic E-state index is -3.83. The van der Waals surface area contributed by atoms with Crippen LogP contribution in [0.4, 0.5) is 5.69 Å². The number of nitrogens with one attached hydrogen (secondary N) is 1. The van der Waals surface area contributed by atoms with Gasteiger partial charge in [0.2, 0.25) is 0 Å². The van der Waals surface area contributed by atoms with Crippen molar-refractivity contribution in [2.24, 2.45) is 0 Å². The number of ether oxygens (including phenoxy) is 1. The van der Waals surface area contributed by atoms with Crippen LogP contribution in [0.3, 0.4) is 0 Å². The van der Waals surface area contributed by atoms with Crippen LogP contribution in [0.5, 0.6) is 0 Å². The van der Waals surface area contributed by atoms with Gasteiger partial charge in [0.05, 0.1) is 17.7 Å². The molecule has 0 atom stereocenters. The summed E-state index contributed by atoms with van der Waals surface area (Å²) >= 11 is 0. The maximum atomic E-state index is 13.4. The largest absolute Gasteiger partial charge is 0.467 e. The molecular weight excluding hydrogens is 416 g/mol. The molecule has 0 aromatic heterocycles. The zero-order chi connectivity index (χ0) is 22.1. The standard InChI is InChI=1S/C23H26N2O5S/c1-30-22(27)23(13-4-5-14-23)24-21(26)18-9-6-11-19(16-18)31(28,29)25-15-7-10-17-8-2-3-12-20(17)25/h2-3,6,8-9,11-12,16H,4-5,7,10,13-15H2,1H3,(H,24,26). The van der Waals surface area contributed by atoms with Crippen molar-refractivity contribution in [3.8, 4) is 0 Å². The third-order valence-electron chi connectivity index (χ3n) is 6.14. The molecule has 0 saturated heterocycles. The number of methoxy groups -OCH3 is 1. The summed E-state index contributed by atoms with van der Waals surface area (Å²) in [4.78, 5) is 25.3. The van der Waals surface area contributed by atoms with E-state index in [1.54, 1.807) is 12.1 Å². The summed E-state index contributed by atoms with van der Waals surface area (Å²) in [6, 6.07) is 13.5. The van der Waals surface area contributed by atoms with E-state index in [2.05, 4.69) is 5.32 Å². The molecule has 0 radical (unpaired) electrons. The first-order chi connectivity index (χ1) is 14.9. The summed E-state index contributed by atoms with van der Waals surface area (Å²) in [5.74, 6) is -0.949. The van der Waals surface area contributed by atoms with Crippen molar-refractivity contribution in [3.05, 3.63) is 59.7 Å². The lowest BCUT2D eigenvalue weighted by molar-refractivity contribution is -0.148. The van der Waals surface area contributed by atoms with E-state index in [4.69, 9.17) is 4.74 Å². The van der Waals surface area contributed by atoms with Crippen LogP contribution in [-0.2, 0) is 26.0 Å². The number of fused-ring (bicyclic) bond motifs is 1. The molecule has 0 bridgehead atoms. The lowest BCUT2D eigenvalue weighted by Gasteiger charge is -2.30. The third-order valence-corrected chi connectivity index (χ3v) is 7.95. The highest BCUT2D eigenvalue weighted by Crippen LogP contribution is 2.33. The van der Waals surface area contributed by atoms with E-state index < -0.39 is 27.4 Å². The highest BCUT2D eigenvalue weighted by atomic mass is 32.2. The minimum Gasteiger partial charge on any atom is -0.467 e. The van der Waals surface area contributed by atoms with Gasteiger partial charge in [-0.2, -0.15) is 0 Å². The number of esters is 1. The number of carbonyl (C=O) groups excluding carboxylic acids is 2. The first-order valence-corrected chi connectivity index (χ1v) is 11.9. The average Bonchev–Trinajstić information content (AvgIpc) is 3.27. The quantitative estimate of drug-likeness (QED) is 0.719. The minimum absolute atomic E-state index is 0.0513. The third kappa shape index (κ3) is 3.92. The van der Waals surface area contributed by atoms with Crippen LogP contribution in [0.15, 0.2) is 53.4 Å². The molecule has 1 amide bonds.